The first-order valence-electron chi connectivity index (χ1n) is 12.0. The summed E-state index contributed by atoms with van der Waals surface area (Å²) in [5, 5.41) is 27.5. The zero-order valence-electron chi connectivity index (χ0n) is 20.3. The molecule has 2 N–H and O–H groups in total. The SMILES string of the molecule is CCCC1=NC(C)C2C(=O)NC(c3cc(Cn4nnc(CO)c4CCC)ccc3OCC)=NN12. The molecule has 0 radical (unpaired) electrons. The molecule has 2 aliphatic heterocycles. The number of carbonyl (C=O) groups excluding carboxylic acids is 1. The van der Waals surface area contributed by atoms with Crippen molar-refractivity contribution in [2.75, 3.05) is 6.61 Å². The summed E-state index contributed by atoms with van der Waals surface area (Å²) in [4.78, 5) is 17.7. The fraction of sp³-hybridized carbons (Fsp3) is 0.542. The smallest absolute Gasteiger partial charge is 0.252 e. The van der Waals surface area contributed by atoms with Crippen molar-refractivity contribution < 1.29 is 14.6 Å². The number of ether oxygens (including phenoxy) is 1. The van der Waals surface area contributed by atoms with Crippen molar-refractivity contribution in [3.05, 3.63) is 40.7 Å². The summed E-state index contributed by atoms with van der Waals surface area (Å²) in [6.45, 7) is 8.87. The van der Waals surface area contributed by atoms with Gasteiger partial charge in [0.15, 0.2) is 11.9 Å². The Morgan fingerprint density at radius 3 is 2.68 bits per heavy atom. The van der Waals surface area contributed by atoms with Crippen LogP contribution in [0.3, 0.4) is 0 Å². The molecule has 2 aromatic rings. The molecule has 182 valence electrons. The minimum absolute atomic E-state index is 0.116. The summed E-state index contributed by atoms with van der Waals surface area (Å²) in [7, 11) is 0. The van der Waals surface area contributed by atoms with Crippen LogP contribution >= 0.6 is 0 Å². The lowest BCUT2D eigenvalue weighted by molar-refractivity contribution is -0.124. The lowest BCUT2D eigenvalue weighted by atomic mass is 10.1. The van der Waals surface area contributed by atoms with Gasteiger partial charge in [0.2, 0.25) is 0 Å². The van der Waals surface area contributed by atoms with Crippen LogP contribution in [0.5, 0.6) is 5.75 Å². The third kappa shape index (κ3) is 4.54. The highest BCUT2D eigenvalue weighted by Gasteiger charge is 2.42. The first-order chi connectivity index (χ1) is 16.5. The van der Waals surface area contributed by atoms with Gasteiger partial charge in [0, 0.05) is 6.42 Å². The van der Waals surface area contributed by atoms with Crippen LogP contribution in [-0.4, -0.2) is 61.4 Å². The van der Waals surface area contributed by atoms with Crippen molar-refractivity contribution in [2.45, 2.75) is 78.6 Å². The predicted molar refractivity (Wildman–Crippen MR) is 129 cm³/mol. The molecule has 2 unspecified atom stereocenters. The van der Waals surface area contributed by atoms with E-state index in [2.05, 4.69) is 34.5 Å². The molecule has 1 aromatic heterocycles. The Bertz CT molecular complexity index is 1110. The Balaban J connectivity index is 1.70. The maximum Gasteiger partial charge on any atom is 0.252 e. The minimum Gasteiger partial charge on any atom is -0.493 e. The number of hydrogen-bond acceptors (Lipinski definition) is 8. The highest BCUT2D eigenvalue weighted by atomic mass is 16.5. The van der Waals surface area contributed by atoms with E-state index in [0.29, 0.717) is 36.0 Å². The first-order valence-corrected chi connectivity index (χ1v) is 12.0. The van der Waals surface area contributed by atoms with E-state index in [0.717, 1.165) is 42.8 Å². The molecule has 2 aliphatic rings. The highest BCUT2D eigenvalue weighted by Crippen LogP contribution is 2.28. The Labute approximate surface area is 199 Å². The van der Waals surface area contributed by atoms with Crippen LogP contribution in [0.4, 0.5) is 0 Å². The van der Waals surface area contributed by atoms with E-state index in [1.165, 1.54) is 0 Å². The second-order valence-electron chi connectivity index (χ2n) is 8.58. The van der Waals surface area contributed by atoms with Crippen molar-refractivity contribution in [1.29, 1.82) is 0 Å². The lowest BCUT2D eigenvalue weighted by Gasteiger charge is -2.30. The second-order valence-corrected chi connectivity index (χ2v) is 8.58. The number of rotatable bonds is 10. The number of hydrogen-bond donors (Lipinski definition) is 2. The van der Waals surface area contributed by atoms with Crippen LogP contribution in [0.15, 0.2) is 28.3 Å². The predicted octanol–water partition coefficient (Wildman–Crippen LogP) is 2.23. The van der Waals surface area contributed by atoms with Gasteiger partial charge < -0.3 is 15.2 Å². The average Bonchev–Trinajstić information content (AvgIpc) is 3.35. The molecule has 0 saturated carbocycles. The van der Waals surface area contributed by atoms with Crippen LogP contribution in [0, 0.1) is 0 Å². The Hall–Kier alpha value is -3.27. The standard InChI is InChI=1S/C24H33N7O3/c1-5-8-19-18(14-32)27-29-30(19)13-16-10-11-20(34-7-3)17(12-16)23-26-24(33)22-15(4)25-21(9-6-2)31(22)28-23/h10-12,15,22,32H,5-9,13-14H2,1-4H3,(H,26,28,33). The number of aliphatic hydroxyl groups excluding tert-OH is 1. The molecule has 10 heteroatoms. The summed E-state index contributed by atoms with van der Waals surface area (Å²) >= 11 is 0. The Kier molecular flexibility index (Phi) is 7.26. The van der Waals surface area contributed by atoms with Gasteiger partial charge in [0.25, 0.3) is 5.91 Å². The number of amides is 1. The van der Waals surface area contributed by atoms with Gasteiger partial charge in [-0.1, -0.05) is 31.5 Å². The second kappa shape index (κ2) is 10.3. The molecule has 1 aromatic carbocycles. The molecular weight excluding hydrogens is 434 g/mol. The third-order valence-electron chi connectivity index (χ3n) is 6.02. The fourth-order valence-corrected chi connectivity index (χ4v) is 4.47. The zero-order valence-corrected chi connectivity index (χ0v) is 20.3. The van der Waals surface area contributed by atoms with Crippen LogP contribution in [0.1, 0.15) is 69.5 Å². The van der Waals surface area contributed by atoms with Gasteiger partial charge in [-0.25, -0.2) is 9.69 Å². The van der Waals surface area contributed by atoms with Gasteiger partial charge in [-0.15, -0.1) is 5.10 Å². The average molecular weight is 468 g/mol. The van der Waals surface area contributed by atoms with Crippen LogP contribution in [-0.2, 0) is 24.4 Å². The van der Waals surface area contributed by atoms with Crippen molar-refractivity contribution in [3.8, 4) is 5.75 Å². The Morgan fingerprint density at radius 1 is 1.18 bits per heavy atom. The summed E-state index contributed by atoms with van der Waals surface area (Å²) < 4.78 is 7.69. The molecule has 2 atom stereocenters. The van der Waals surface area contributed by atoms with Crippen molar-refractivity contribution in [1.82, 2.24) is 25.3 Å². The molecule has 0 spiro atoms. The third-order valence-corrected chi connectivity index (χ3v) is 6.02. The van der Waals surface area contributed by atoms with Crippen LogP contribution in [0.2, 0.25) is 0 Å². The van der Waals surface area contributed by atoms with Crippen molar-refractivity contribution >= 4 is 17.6 Å². The minimum atomic E-state index is -0.423. The van der Waals surface area contributed by atoms with Gasteiger partial charge >= 0.3 is 0 Å². The summed E-state index contributed by atoms with van der Waals surface area (Å²) in [5.41, 5.74) is 3.20. The van der Waals surface area contributed by atoms with E-state index >= 15 is 0 Å². The fourth-order valence-electron chi connectivity index (χ4n) is 4.47. The summed E-state index contributed by atoms with van der Waals surface area (Å²) in [6.07, 6.45) is 3.40. The van der Waals surface area contributed by atoms with Gasteiger partial charge in [-0.3, -0.25) is 9.79 Å². The van der Waals surface area contributed by atoms with Crippen LogP contribution < -0.4 is 10.1 Å². The molecule has 10 nitrogen and oxygen atoms in total. The number of nitrogens with one attached hydrogen (secondary N) is 1. The molecule has 0 aliphatic carbocycles. The number of benzene rings is 1. The number of aliphatic hydroxyl groups is 1. The number of carbonyl (C=O) groups is 1. The summed E-state index contributed by atoms with van der Waals surface area (Å²) in [5.74, 6) is 1.82. The summed E-state index contributed by atoms with van der Waals surface area (Å²) in [6, 6.07) is 5.27. The zero-order chi connectivity index (χ0) is 24.2. The number of hydrazone groups is 1. The molecule has 3 heterocycles. The van der Waals surface area contributed by atoms with E-state index in [1.807, 2.05) is 36.7 Å². The van der Waals surface area contributed by atoms with E-state index < -0.39 is 6.04 Å². The molecule has 34 heavy (non-hydrogen) atoms. The first kappa shape index (κ1) is 23.9. The maximum absolute atomic E-state index is 13.0. The topological polar surface area (TPSA) is 117 Å². The molecule has 0 saturated heterocycles. The lowest BCUT2D eigenvalue weighted by Crippen LogP contribution is -2.54. The monoisotopic (exact) mass is 467 g/mol. The quantitative estimate of drug-likeness (QED) is 0.553. The van der Waals surface area contributed by atoms with Crippen molar-refractivity contribution in [2.24, 2.45) is 10.1 Å². The number of aromatic nitrogens is 3. The van der Waals surface area contributed by atoms with E-state index in [4.69, 9.17) is 9.84 Å². The largest absolute Gasteiger partial charge is 0.493 e. The Morgan fingerprint density at radius 2 is 1.97 bits per heavy atom. The van der Waals surface area contributed by atoms with Gasteiger partial charge in [-0.05, 0) is 44.4 Å². The normalized spacial score (nSPS) is 19.6. The maximum atomic E-state index is 13.0. The number of fused-ring (bicyclic) bond motifs is 1. The van der Waals surface area contributed by atoms with E-state index in [9.17, 15) is 9.90 Å². The number of amidine groups is 2. The highest BCUT2D eigenvalue weighted by molar-refractivity contribution is 6.13. The van der Waals surface area contributed by atoms with Crippen molar-refractivity contribution in [3.63, 3.8) is 0 Å². The van der Waals surface area contributed by atoms with E-state index in [1.54, 1.807) is 5.01 Å². The van der Waals surface area contributed by atoms with Gasteiger partial charge in [0.05, 0.1) is 37.1 Å². The number of nitrogens with zero attached hydrogens (tertiary/aromatic N) is 6. The molecule has 4 rings (SSSR count). The molecule has 0 bridgehead atoms. The molecule has 1 amide bonds. The molecular formula is C24H33N7O3. The number of aliphatic imine (C=N–C) groups is 1. The van der Waals surface area contributed by atoms with Crippen LogP contribution in [0.25, 0.3) is 0 Å². The van der Waals surface area contributed by atoms with Gasteiger partial charge in [0.1, 0.15) is 17.3 Å². The van der Waals surface area contributed by atoms with Gasteiger partial charge in [-0.2, -0.15) is 5.10 Å². The van der Waals surface area contributed by atoms with E-state index in [-0.39, 0.29) is 18.6 Å². The molecule has 0 fully saturated rings.